The molecule has 0 spiro atoms. The van der Waals surface area contributed by atoms with Crippen LogP contribution >= 0.6 is 0 Å². The first kappa shape index (κ1) is 24.8. The number of esters is 1. The second-order valence-corrected chi connectivity index (χ2v) is 14.7. The van der Waals surface area contributed by atoms with Gasteiger partial charge in [-0.3, -0.25) is 4.79 Å². The van der Waals surface area contributed by atoms with Crippen molar-refractivity contribution in [3.8, 4) is 0 Å². The van der Waals surface area contributed by atoms with Gasteiger partial charge in [-0.25, -0.2) is 0 Å². The predicted octanol–water partition coefficient (Wildman–Crippen LogP) is 7.18. The smallest absolute Gasteiger partial charge is 0.312 e. The molecule has 0 aromatic carbocycles. The maximum Gasteiger partial charge on any atom is 0.312 e. The summed E-state index contributed by atoms with van der Waals surface area (Å²) in [5.41, 5.74) is 1.78. The summed E-state index contributed by atoms with van der Waals surface area (Å²) in [6, 6.07) is 0. The highest BCUT2D eigenvalue weighted by molar-refractivity contribution is 5.78. The van der Waals surface area contributed by atoms with Crippen LogP contribution in [0.4, 0.5) is 0 Å². The lowest BCUT2D eigenvalue weighted by molar-refractivity contribution is -0.248. The lowest BCUT2D eigenvalue weighted by Gasteiger charge is -2.72. The fourth-order valence-electron chi connectivity index (χ4n) is 11.7. The normalized spacial score (nSPS) is 53.6. The highest BCUT2D eigenvalue weighted by atomic mass is 16.5. The molecule has 0 aromatic heterocycles. The Morgan fingerprint density at radius 3 is 2.21 bits per heavy atom. The molecule has 3 nitrogen and oxygen atoms in total. The van der Waals surface area contributed by atoms with Crippen LogP contribution in [0.25, 0.3) is 0 Å². The Bertz CT molecular complexity index is 876. The number of carbonyl (C=O) groups excluding carboxylic acids is 1. The lowest BCUT2D eigenvalue weighted by atomic mass is 9.32. The van der Waals surface area contributed by atoms with Gasteiger partial charge in [0, 0.05) is 0 Å². The van der Waals surface area contributed by atoms with Crippen molar-refractivity contribution in [3.63, 3.8) is 0 Å². The summed E-state index contributed by atoms with van der Waals surface area (Å²) >= 11 is 0. The molecule has 0 radical (unpaired) electrons. The van der Waals surface area contributed by atoms with Crippen LogP contribution in [0.5, 0.6) is 0 Å². The van der Waals surface area contributed by atoms with E-state index in [1.165, 1.54) is 31.3 Å². The third kappa shape index (κ3) is 2.83. The number of hydrogen-bond acceptors (Lipinski definition) is 3. The van der Waals surface area contributed by atoms with E-state index < -0.39 is 0 Å². The van der Waals surface area contributed by atoms with Gasteiger partial charge in [0.15, 0.2) is 0 Å². The molecule has 0 aromatic rings. The molecular formula is C31H50O3. The number of aliphatic hydroxyl groups is 1. The monoisotopic (exact) mass is 470 g/mol. The molecule has 0 heterocycles. The number of hydrogen-bond donors (Lipinski definition) is 1. The molecule has 5 aliphatic rings. The summed E-state index contributed by atoms with van der Waals surface area (Å²) in [6.07, 6.45) is 11.1. The fraction of sp³-hybridized carbons (Fsp3) is 0.903. The molecule has 5 rings (SSSR count). The average Bonchev–Trinajstić information content (AvgIpc) is 3.18. The first-order valence-corrected chi connectivity index (χ1v) is 14.2. The van der Waals surface area contributed by atoms with Crippen LogP contribution in [0.15, 0.2) is 12.2 Å². The molecule has 34 heavy (non-hydrogen) atoms. The van der Waals surface area contributed by atoms with Crippen LogP contribution in [0.1, 0.15) is 106 Å². The van der Waals surface area contributed by atoms with E-state index in [0.29, 0.717) is 35.0 Å². The van der Waals surface area contributed by atoms with E-state index in [4.69, 9.17) is 4.74 Å². The Hall–Kier alpha value is -0.830. The molecule has 0 unspecified atom stereocenters. The van der Waals surface area contributed by atoms with Crippen LogP contribution in [0, 0.1) is 56.7 Å². The zero-order valence-corrected chi connectivity index (χ0v) is 23.0. The van der Waals surface area contributed by atoms with Crippen LogP contribution in [0.2, 0.25) is 0 Å². The maximum absolute atomic E-state index is 13.3. The van der Waals surface area contributed by atoms with Gasteiger partial charge in [-0.1, -0.05) is 46.8 Å². The molecule has 0 bridgehead atoms. The van der Waals surface area contributed by atoms with E-state index in [2.05, 4.69) is 48.1 Å². The number of fused-ring (bicyclic) bond motifs is 7. The van der Waals surface area contributed by atoms with Crippen molar-refractivity contribution in [2.75, 3.05) is 7.11 Å². The van der Waals surface area contributed by atoms with Crippen molar-refractivity contribution in [3.05, 3.63) is 12.2 Å². The molecule has 192 valence electrons. The van der Waals surface area contributed by atoms with Crippen molar-refractivity contribution in [1.82, 2.24) is 0 Å². The van der Waals surface area contributed by atoms with Crippen LogP contribution in [-0.2, 0) is 9.53 Å². The Balaban J connectivity index is 1.56. The van der Waals surface area contributed by atoms with Gasteiger partial charge in [-0.2, -0.15) is 0 Å². The summed E-state index contributed by atoms with van der Waals surface area (Å²) in [6.45, 7) is 19.1. The van der Waals surface area contributed by atoms with Gasteiger partial charge < -0.3 is 9.84 Å². The van der Waals surface area contributed by atoms with Crippen LogP contribution in [0.3, 0.4) is 0 Å². The number of rotatable bonds is 2. The number of carbonyl (C=O) groups is 1. The van der Waals surface area contributed by atoms with Crippen molar-refractivity contribution < 1.29 is 14.6 Å². The number of aliphatic hydroxyl groups excluding tert-OH is 1. The number of allylic oxidation sites excluding steroid dienone is 1. The molecule has 0 aliphatic heterocycles. The fourth-order valence-corrected chi connectivity index (χ4v) is 11.7. The molecule has 10 atom stereocenters. The van der Waals surface area contributed by atoms with Crippen LogP contribution in [-0.4, -0.2) is 24.3 Å². The van der Waals surface area contributed by atoms with Crippen LogP contribution < -0.4 is 0 Å². The molecule has 5 saturated carbocycles. The predicted molar refractivity (Wildman–Crippen MR) is 137 cm³/mol. The minimum Gasteiger partial charge on any atom is -0.469 e. The first-order chi connectivity index (χ1) is 15.8. The van der Waals surface area contributed by atoms with Gasteiger partial charge in [0.05, 0.1) is 18.6 Å². The lowest BCUT2D eigenvalue weighted by Crippen LogP contribution is -2.67. The topological polar surface area (TPSA) is 46.5 Å². The summed E-state index contributed by atoms with van der Waals surface area (Å²) in [5.74, 6) is 2.72. The largest absolute Gasteiger partial charge is 0.469 e. The second-order valence-electron chi connectivity index (χ2n) is 14.7. The van der Waals surface area contributed by atoms with Crippen molar-refractivity contribution >= 4 is 5.97 Å². The molecule has 0 saturated heterocycles. The van der Waals surface area contributed by atoms with Crippen molar-refractivity contribution in [2.24, 2.45) is 56.7 Å². The van der Waals surface area contributed by atoms with Gasteiger partial charge in [0.1, 0.15) is 0 Å². The Kier molecular flexibility index (Phi) is 5.55. The van der Waals surface area contributed by atoms with E-state index >= 15 is 0 Å². The summed E-state index contributed by atoms with van der Waals surface area (Å²) in [4.78, 5) is 13.3. The van der Waals surface area contributed by atoms with E-state index in [9.17, 15) is 9.90 Å². The van der Waals surface area contributed by atoms with Crippen molar-refractivity contribution in [2.45, 2.75) is 112 Å². The van der Waals surface area contributed by atoms with E-state index in [1.54, 1.807) is 7.11 Å². The summed E-state index contributed by atoms with van der Waals surface area (Å²) in [5, 5.41) is 10.9. The highest BCUT2D eigenvalue weighted by Crippen LogP contribution is 2.77. The van der Waals surface area contributed by atoms with Crippen molar-refractivity contribution in [1.29, 1.82) is 0 Å². The third-order valence-electron chi connectivity index (χ3n) is 13.6. The van der Waals surface area contributed by atoms with Gasteiger partial charge in [0.2, 0.25) is 0 Å². The minimum atomic E-state index is -0.302. The molecule has 1 N–H and O–H groups in total. The molecule has 0 amide bonds. The minimum absolute atomic E-state index is 0.00478. The molecule has 5 aliphatic carbocycles. The number of ether oxygens (including phenoxy) is 1. The van der Waals surface area contributed by atoms with E-state index in [1.807, 2.05) is 0 Å². The quantitative estimate of drug-likeness (QED) is 0.343. The summed E-state index contributed by atoms with van der Waals surface area (Å²) < 4.78 is 5.49. The molecular weight excluding hydrogens is 420 g/mol. The van der Waals surface area contributed by atoms with E-state index in [-0.39, 0.29) is 33.7 Å². The van der Waals surface area contributed by atoms with Gasteiger partial charge in [-0.15, -0.1) is 0 Å². The maximum atomic E-state index is 13.3. The third-order valence-corrected chi connectivity index (χ3v) is 13.6. The average molecular weight is 471 g/mol. The molecule has 5 fully saturated rings. The first-order valence-electron chi connectivity index (χ1n) is 14.2. The van der Waals surface area contributed by atoms with E-state index in [0.717, 1.165) is 38.5 Å². The number of methoxy groups -OCH3 is 1. The molecule has 3 heteroatoms. The van der Waals surface area contributed by atoms with Gasteiger partial charge in [-0.05, 0) is 122 Å². The zero-order valence-electron chi connectivity index (χ0n) is 23.0. The highest BCUT2D eigenvalue weighted by Gasteiger charge is 2.72. The standard InChI is InChI=1S/C31H50O3/c1-19(2)20-11-16-31(26(33)34-8)18-17-29(6)21(25(20)31)9-10-23-28(5)14-13-24(32)27(3,4)22(28)12-15-30(23,29)7/h20-25,32H,1,9-18H2,2-8H3/t20-,21+,22+,23+,24+,25+,28-,29+,30+,31-/m0/s1. The SMILES string of the molecule is C=C(C)[C@@H]1CC[C@]2(C(=O)OC)CC[C@]3(C)[C@H](CC[C@@H]4[C@@]5(C)CC[C@@H](O)C(C)(C)[C@H]5CC[C@]43C)[C@@H]12. The van der Waals surface area contributed by atoms with Gasteiger partial charge in [0.25, 0.3) is 0 Å². The Morgan fingerprint density at radius 1 is 0.853 bits per heavy atom. The summed E-state index contributed by atoms with van der Waals surface area (Å²) in [7, 11) is 1.59. The second kappa shape index (κ2) is 7.59. The van der Waals surface area contributed by atoms with Gasteiger partial charge >= 0.3 is 5.97 Å². The zero-order chi connectivity index (χ0) is 24.9. The Labute approximate surface area is 208 Å². The Morgan fingerprint density at radius 2 is 1.56 bits per heavy atom.